The van der Waals surface area contributed by atoms with Gasteiger partial charge in [0.25, 0.3) is 0 Å². The average molecular weight is 368 g/mol. The van der Waals surface area contributed by atoms with E-state index < -0.39 is 0 Å². The Kier molecular flexibility index (Phi) is 4.35. The molecule has 2 heterocycles. The van der Waals surface area contributed by atoms with Crippen LogP contribution in [-0.4, -0.2) is 31.7 Å². The largest absolute Gasteiger partial charge is 0.496 e. The summed E-state index contributed by atoms with van der Waals surface area (Å²) in [5, 5.41) is 0. The van der Waals surface area contributed by atoms with E-state index in [1.54, 1.807) is 20.3 Å². The standard InChI is InChI=1S/C22H24O5/c1-22(2)19(27-22)10-14-17(24-3)12-18(25-4)20-15(23)11-16(26-21(14)20)13-8-6-5-7-9-13/h5-9,12,16,19H,10-11H2,1-4H3. The van der Waals surface area contributed by atoms with Crippen molar-refractivity contribution in [3.63, 3.8) is 0 Å². The van der Waals surface area contributed by atoms with Gasteiger partial charge in [-0.1, -0.05) is 30.3 Å². The molecule has 0 aliphatic carbocycles. The van der Waals surface area contributed by atoms with Crippen molar-refractivity contribution >= 4 is 5.78 Å². The maximum atomic E-state index is 13.0. The van der Waals surface area contributed by atoms with Gasteiger partial charge in [-0.25, -0.2) is 0 Å². The third-order valence-corrected chi connectivity index (χ3v) is 5.38. The molecule has 1 saturated heterocycles. The number of ketones is 1. The number of ether oxygens (including phenoxy) is 4. The van der Waals surface area contributed by atoms with E-state index in [4.69, 9.17) is 18.9 Å². The molecule has 0 N–H and O–H groups in total. The molecule has 0 spiro atoms. The third kappa shape index (κ3) is 3.16. The van der Waals surface area contributed by atoms with Crippen molar-refractivity contribution in [2.45, 2.75) is 44.5 Å². The molecule has 2 aromatic carbocycles. The molecular weight excluding hydrogens is 344 g/mol. The normalized spacial score (nSPS) is 22.6. The number of rotatable bonds is 5. The number of fused-ring (bicyclic) bond motifs is 1. The van der Waals surface area contributed by atoms with Gasteiger partial charge in [0.2, 0.25) is 0 Å². The van der Waals surface area contributed by atoms with Crippen LogP contribution in [0.2, 0.25) is 0 Å². The maximum absolute atomic E-state index is 13.0. The fourth-order valence-corrected chi connectivity index (χ4v) is 3.70. The summed E-state index contributed by atoms with van der Waals surface area (Å²) in [5.74, 6) is 1.71. The molecule has 2 unspecified atom stereocenters. The molecule has 0 bridgehead atoms. The van der Waals surface area contributed by atoms with E-state index in [1.165, 1.54) is 0 Å². The lowest BCUT2D eigenvalue weighted by Gasteiger charge is -2.29. The van der Waals surface area contributed by atoms with E-state index in [0.29, 0.717) is 29.2 Å². The Bertz CT molecular complexity index is 872. The fourth-order valence-electron chi connectivity index (χ4n) is 3.70. The zero-order valence-electron chi connectivity index (χ0n) is 16.1. The number of carbonyl (C=O) groups excluding carboxylic acids is 1. The smallest absolute Gasteiger partial charge is 0.174 e. The molecule has 0 radical (unpaired) electrons. The van der Waals surface area contributed by atoms with Gasteiger partial charge in [-0.3, -0.25) is 4.79 Å². The quantitative estimate of drug-likeness (QED) is 0.743. The number of hydrogen-bond donors (Lipinski definition) is 0. The molecule has 0 aromatic heterocycles. The van der Waals surface area contributed by atoms with Crippen LogP contribution in [0.4, 0.5) is 0 Å². The topological polar surface area (TPSA) is 57.3 Å². The molecule has 142 valence electrons. The van der Waals surface area contributed by atoms with E-state index in [0.717, 1.165) is 11.1 Å². The molecule has 2 aromatic rings. The second kappa shape index (κ2) is 6.57. The number of hydrogen-bond acceptors (Lipinski definition) is 5. The van der Waals surface area contributed by atoms with Gasteiger partial charge in [0.05, 0.1) is 32.3 Å². The minimum atomic E-state index is -0.324. The van der Waals surface area contributed by atoms with Crippen molar-refractivity contribution in [2.24, 2.45) is 0 Å². The van der Waals surface area contributed by atoms with Crippen molar-refractivity contribution in [2.75, 3.05) is 14.2 Å². The van der Waals surface area contributed by atoms with Gasteiger partial charge in [-0.2, -0.15) is 0 Å². The summed E-state index contributed by atoms with van der Waals surface area (Å²) in [6.07, 6.45) is 0.650. The average Bonchev–Trinajstić information content (AvgIpc) is 3.28. The minimum absolute atomic E-state index is 0.0156. The summed E-state index contributed by atoms with van der Waals surface area (Å²) in [6.45, 7) is 4.11. The highest BCUT2D eigenvalue weighted by Crippen LogP contribution is 2.49. The van der Waals surface area contributed by atoms with E-state index in [-0.39, 0.29) is 30.0 Å². The van der Waals surface area contributed by atoms with Gasteiger partial charge in [-0.15, -0.1) is 0 Å². The lowest BCUT2D eigenvalue weighted by Crippen LogP contribution is -2.23. The van der Waals surface area contributed by atoms with Gasteiger partial charge in [0.1, 0.15) is 28.9 Å². The van der Waals surface area contributed by atoms with Crippen LogP contribution in [0.15, 0.2) is 36.4 Å². The van der Waals surface area contributed by atoms with Crippen LogP contribution >= 0.6 is 0 Å². The SMILES string of the molecule is COc1cc(OC)c2c(c1CC1OC1(C)C)OC(c1ccccc1)CC2=O. The monoisotopic (exact) mass is 368 g/mol. The zero-order chi connectivity index (χ0) is 19.2. The molecular formula is C22H24O5. The molecule has 27 heavy (non-hydrogen) atoms. The Balaban J connectivity index is 1.80. The number of Topliss-reactive ketones (excluding diaryl/α,β-unsaturated/α-hetero) is 1. The molecule has 4 rings (SSSR count). The van der Waals surface area contributed by atoms with Crippen LogP contribution in [0.3, 0.4) is 0 Å². The van der Waals surface area contributed by atoms with Crippen LogP contribution in [0.25, 0.3) is 0 Å². The molecule has 2 aliphatic heterocycles. The molecule has 1 fully saturated rings. The molecule has 0 saturated carbocycles. The van der Waals surface area contributed by atoms with Crippen molar-refractivity contribution < 1.29 is 23.7 Å². The van der Waals surface area contributed by atoms with Crippen LogP contribution < -0.4 is 14.2 Å². The van der Waals surface area contributed by atoms with Crippen LogP contribution in [0.1, 0.15) is 47.9 Å². The van der Waals surface area contributed by atoms with Gasteiger partial charge in [0.15, 0.2) is 5.78 Å². The Morgan fingerprint density at radius 1 is 1.11 bits per heavy atom. The molecule has 0 amide bonds. The van der Waals surface area contributed by atoms with Gasteiger partial charge in [-0.05, 0) is 19.4 Å². The van der Waals surface area contributed by atoms with Crippen LogP contribution in [0, 0.1) is 0 Å². The Morgan fingerprint density at radius 3 is 2.37 bits per heavy atom. The summed E-state index contributed by atoms with van der Waals surface area (Å²) < 4.78 is 23.2. The van der Waals surface area contributed by atoms with E-state index in [1.807, 2.05) is 30.3 Å². The van der Waals surface area contributed by atoms with Gasteiger partial charge >= 0.3 is 0 Å². The van der Waals surface area contributed by atoms with Crippen LogP contribution in [-0.2, 0) is 11.2 Å². The second-order valence-electron chi connectivity index (χ2n) is 7.52. The molecule has 5 heteroatoms. The van der Waals surface area contributed by atoms with Crippen LogP contribution in [0.5, 0.6) is 17.2 Å². The summed E-state index contributed by atoms with van der Waals surface area (Å²) in [4.78, 5) is 13.0. The number of carbonyl (C=O) groups is 1. The van der Waals surface area contributed by atoms with E-state index in [9.17, 15) is 4.79 Å². The second-order valence-corrected chi connectivity index (χ2v) is 7.52. The highest BCUT2D eigenvalue weighted by molar-refractivity contribution is 6.03. The zero-order valence-corrected chi connectivity index (χ0v) is 16.1. The highest BCUT2D eigenvalue weighted by Gasteiger charge is 2.49. The fraction of sp³-hybridized carbons (Fsp3) is 0.409. The van der Waals surface area contributed by atoms with E-state index >= 15 is 0 Å². The summed E-state index contributed by atoms with van der Waals surface area (Å²) in [7, 11) is 3.17. The highest BCUT2D eigenvalue weighted by atomic mass is 16.6. The maximum Gasteiger partial charge on any atom is 0.174 e. The Hall–Kier alpha value is -2.53. The lowest BCUT2D eigenvalue weighted by molar-refractivity contribution is 0.0841. The first kappa shape index (κ1) is 17.9. The number of benzene rings is 2. The van der Waals surface area contributed by atoms with Crippen molar-refractivity contribution in [3.8, 4) is 17.2 Å². The number of epoxide rings is 1. The first-order chi connectivity index (χ1) is 12.9. The third-order valence-electron chi connectivity index (χ3n) is 5.38. The Labute approximate surface area is 159 Å². The molecule has 2 aliphatic rings. The predicted octanol–water partition coefficient (Wildman–Crippen LogP) is 4.13. The van der Waals surface area contributed by atoms with Crippen molar-refractivity contribution in [1.29, 1.82) is 0 Å². The Morgan fingerprint density at radius 2 is 1.78 bits per heavy atom. The predicted molar refractivity (Wildman–Crippen MR) is 101 cm³/mol. The summed E-state index contributed by atoms with van der Waals surface area (Å²) >= 11 is 0. The van der Waals surface area contributed by atoms with Gasteiger partial charge in [0, 0.05) is 18.1 Å². The first-order valence-corrected chi connectivity index (χ1v) is 9.15. The van der Waals surface area contributed by atoms with Gasteiger partial charge < -0.3 is 18.9 Å². The molecule has 5 nitrogen and oxygen atoms in total. The van der Waals surface area contributed by atoms with E-state index in [2.05, 4.69) is 13.8 Å². The number of methoxy groups -OCH3 is 2. The van der Waals surface area contributed by atoms with Crippen molar-refractivity contribution in [1.82, 2.24) is 0 Å². The first-order valence-electron chi connectivity index (χ1n) is 9.15. The minimum Gasteiger partial charge on any atom is -0.496 e. The van der Waals surface area contributed by atoms with Crippen molar-refractivity contribution in [3.05, 3.63) is 53.1 Å². The summed E-state index contributed by atoms with van der Waals surface area (Å²) in [5.41, 5.74) is 2.17. The molecule has 2 atom stereocenters. The lowest BCUT2D eigenvalue weighted by atomic mass is 9.91. The summed E-state index contributed by atoms with van der Waals surface area (Å²) in [6, 6.07) is 11.6.